The topological polar surface area (TPSA) is 74.8 Å². The Balaban J connectivity index is 1.86. The number of hydrogen-bond donors (Lipinski definition) is 0. The Kier molecular flexibility index (Phi) is 6.44. The highest BCUT2D eigenvalue weighted by atomic mass is 32.2. The van der Waals surface area contributed by atoms with Crippen molar-refractivity contribution in [1.29, 1.82) is 0 Å². The molecular weight excluding hydrogens is 316 g/mol. The van der Waals surface area contributed by atoms with E-state index in [9.17, 15) is 18.0 Å². The first-order valence-corrected chi connectivity index (χ1v) is 10.4. The van der Waals surface area contributed by atoms with Crippen LogP contribution in [0.4, 0.5) is 0 Å². The fourth-order valence-electron chi connectivity index (χ4n) is 3.35. The Morgan fingerprint density at radius 1 is 1.09 bits per heavy atom. The van der Waals surface area contributed by atoms with Gasteiger partial charge in [-0.25, -0.2) is 8.42 Å². The molecule has 0 radical (unpaired) electrons. The highest BCUT2D eigenvalue weighted by Crippen LogP contribution is 2.19. The molecule has 23 heavy (non-hydrogen) atoms. The summed E-state index contributed by atoms with van der Waals surface area (Å²) < 4.78 is 23.8. The lowest BCUT2D eigenvalue weighted by molar-refractivity contribution is -0.141. The van der Waals surface area contributed by atoms with Crippen LogP contribution >= 0.6 is 0 Å². The molecular formula is C16H28N2O4S. The summed E-state index contributed by atoms with van der Waals surface area (Å²) in [5.74, 6) is 0.182. The molecule has 2 saturated heterocycles. The number of carbonyl (C=O) groups is 2. The minimum atomic E-state index is -3.02. The summed E-state index contributed by atoms with van der Waals surface area (Å²) in [6.07, 6.45) is 5.61. The summed E-state index contributed by atoms with van der Waals surface area (Å²) in [7, 11) is -3.02. The quantitative estimate of drug-likeness (QED) is 0.768. The van der Waals surface area contributed by atoms with Crippen molar-refractivity contribution in [3.63, 3.8) is 0 Å². The van der Waals surface area contributed by atoms with Crippen molar-refractivity contribution in [2.45, 2.75) is 57.1 Å². The van der Waals surface area contributed by atoms with E-state index in [4.69, 9.17) is 0 Å². The summed E-state index contributed by atoms with van der Waals surface area (Å²) in [5, 5.41) is -0.320. The van der Waals surface area contributed by atoms with Crippen LogP contribution in [0.15, 0.2) is 0 Å². The smallest absolute Gasteiger partial charge is 0.242 e. The Labute approximate surface area is 139 Å². The summed E-state index contributed by atoms with van der Waals surface area (Å²) in [5.41, 5.74) is 0. The molecule has 0 aromatic heterocycles. The van der Waals surface area contributed by atoms with Crippen LogP contribution in [0, 0.1) is 0 Å². The Bertz CT molecular complexity index is 524. The Hall–Kier alpha value is -1.11. The van der Waals surface area contributed by atoms with Crippen LogP contribution in [0.5, 0.6) is 0 Å². The van der Waals surface area contributed by atoms with Gasteiger partial charge in [0.25, 0.3) is 0 Å². The maximum Gasteiger partial charge on any atom is 0.242 e. The van der Waals surface area contributed by atoms with Crippen molar-refractivity contribution in [1.82, 2.24) is 9.80 Å². The second-order valence-corrected chi connectivity index (χ2v) is 9.08. The molecule has 0 N–H and O–H groups in total. The zero-order chi connectivity index (χ0) is 16.9. The van der Waals surface area contributed by atoms with Crippen molar-refractivity contribution < 1.29 is 18.0 Å². The molecule has 132 valence electrons. The molecule has 0 aromatic rings. The molecule has 2 aliphatic rings. The minimum absolute atomic E-state index is 0.0498. The van der Waals surface area contributed by atoms with Gasteiger partial charge in [-0.2, -0.15) is 0 Å². The predicted molar refractivity (Wildman–Crippen MR) is 88.7 cm³/mol. The summed E-state index contributed by atoms with van der Waals surface area (Å²) in [6.45, 7) is 3.42. The fourth-order valence-corrected chi connectivity index (χ4v) is 4.75. The van der Waals surface area contributed by atoms with Crippen LogP contribution < -0.4 is 0 Å². The van der Waals surface area contributed by atoms with Crippen molar-refractivity contribution in [2.75, 3.05) is 31.9 Å². The first kappa shape index (κ1) is 18.2. The van der Waals surface area contributed by atoms with Crippen molar-refractivity contribution in [2.24, 2.45) is 0 Å². The zero-order valence-electron chi connectivity index (χ0n) is 14.0. The third-order valence-electron chi connectivity index (χ3n) is 4.95. The van der Waals surface area contributed by atoms with Gasteiger partial charge in [0, 0.05) is 31.8 Å². The molecule has 0 aromatic carbocycles. The van der Waals surface area contributed by atoms with Crippen LogP contribution in [-0.2, 0) is 19.4 Å². The summed E-state index contributed by atoms with van der Waals surface area (Å²) >= 11 is 0. The number of piperidine rings is 1. The number of sulfone groups is 1. The Morgan fingerprint density at radius 3 is 2.39 bits per heavy atom. The largest absolute Gasteiger partial charge is 0.341 e. The second-order valence-electron chi connectivity index (χ2n) is 6.51. The van der Waals surface area contributed by atoms with Gasteiger partial charge in [0.2, 0.25) is 11.8 Å². The van der Waals surface area contributed by atoms with Gasteiger partial charge in [-0.3, -0.25) is 9.59 Å². The van der Waals surface area contributed by atoms with Gasteiger partial charge in [0.05, 0.1) is 11.8 Å². The number of hydrogen-bond acceptors (Lipinski definition) is 4. The number of nitrogens with zero attached hydrogens (tertiary/aromatic N) is 2. The van der Waals surface area contributed by atoms with Crippen LogP contribution in [0.25, 0.3) is 0 Å². The van der Waals surface area contributed by atoms with Crippen molar-refractivity contribution in [3.05, 3.63) is 0 Å². The first-order chi connectivity index (χ1) is 10.9. The summed E-state index contributed by atoms with van der Waals surface area (Å²) in [4.78, 5) is 27.9. The molecule has 2 fully saturated rings. The Morgan fingerprint density at radius 2 is 1.74 bits per heavy atom. The normalized spacial score (nSPS) is 21.9. The van der Waals surface area contributed by atoms with Gasteiger partial charge in [-0.05, 0) is 25.7 Å². The van der Waals surface area contributed by atoms with Gasteiger partial charge in [-0.15, -0.1) is 0 Å². The van der Waals surface area contributed by atoms with E-state index in [1.54, 1.807) is 16.7 Å². The number of rotatable bonds is 4. The highest BCUT2D eigenvalue weighted by Gasteiger charge is 2.31. The van der Waals surface area contributed by atoms with Gasteiger partial charge < -0.3 is 9.80 Å². The SMILES string of the molecule is CCS(=O)(=O)C1CCN(C(=O)CN2CCCCCCC2=O)CC1. The van der Waals surface area contributed by atoms with E-state index >= 15 is 0 Å². The van der Waals surface area contributed by atoms with Gasteiger partial charge in [0.15, 0.2) is 9.84 Å². The maximum absolute atomic E-state index is 12.4. The van der Waals surface area contributed by atoms with Gasteiger partial charge in [0.1, 0.15) is 0 Å². The van der Waals surface area contributed by atoms with E-state index in [0.29, 0.717) is 38.9 Å². The predicted octanol–water partition coefficient (Wildman–Crippen LogP) is 1.20. The molecule has 0 aliphatic carbocycles. The molecule has 2 heterocycles. The van der Waals surface area contributed by atoms with E-state index < -0.39 is 9.84 Å². The summed E-state index contributed by atoms with van der Waals surface area (Å²) in [6, 6.07) is 0. The molecule has 0 atom stereocenters. The highest BCUT2D eigenvalue weighted by molar-refractivity contribution is 7.92. The van der Waals surface area contributed by atoms with Crippen LogP contribution in [-0.4, -0.2) is 67.2 Å². The molecule has 0 spiro atoms. The molecule has 0 saturated carbocycles. The molecule has 7 heteroatoms. The monoisotopic (exact) mass is 344 g/mol. The second kappa shape index (κ2) is 8.13. The third-order valence-corrected chi connectivity index (χ3v) is 7.24. The van der Waals surface area contributed by atoms with E-state index in [0.717, 1.165) is 25.7 Å². The van der Waals surface area contributed by atoms with Crippen molar-refractivity contribution in [3.8, 4) is 0 Å². The van der Waals surface area contributed by atoms with Crippen LogP contribution in [0.3, 0.4) is 0 Å². The molecule has 2 amide bonds. The van der Waals surface area contributed by atoms with Crippen LogP contribution in [0.2, 0.25) is 0 Å². The fraction of sp³-hybridized carbons (Fsp3) is 0.875. The molecule has 0 unspecified atom stereocenters. The minimum Gasteiger partial charge on any atom is -0.341 e. The van der Waals surface area contributed by atoms with Gasteiger partial charge in [-0.1, -0.05) is 19.8 Å². The number of amides is 2. The van der Waals surface area contributed by atoms with Gasteiger partial charge >= 0.3 is 0 Å². The first-order valence-electron chi connectivity index (χ1n) is 8.71. The maximum atomic E-state index is 12.4. The third kappa shape index (κ3) is 4.93. The van der Waals surface area contributed by atoms with E-state index in [2.05, 4.69) is 0 Å². The average molecular weight is 344 g/mol. The average Bonchev–Trinajstić information content (AvgIpc) is 2.54. The van der Waals surface area contributed by atoms with E-state index in [-0.39, 0.29) is 29.4 Å². The molecule has 2 aliphatic heterocycles. The lowest BCUT2D eigenvalue weighted by Crippen LogP contribution is -2.48. The number of carbonyl (C=O) groups excluding carboxylic acids is 2. The molecule has 0 bridgehead atoms. The van der Waals surface area contributed by atoms with Crippen LogP contribution in [0.1, 0.15) is 51.9 Å². The van der Waals surface area contributed by atoms with Crippen molar-refractivity contribution >= 4 is 21.7 Å². The zero-order valence-corrected chi connectivity index (χ0v) is 14.8. The van der Waals surface area contributed by atoms with E-state index in [1.807, 2.05) is 0 Å². The molecule has 2 rings (SSSR count). The lowest BCUT2D eigenvalue weighted by atomic mass is 10.1. The lowest BCUT2D eigenvalue weighted by Gasteiger charge is -2.33. The molecule has 6 nitrogen and oxygen atoms in total. The number of likely N-dealkylation sites (tertiary alicyclic amines) is 2. The van der Waals surface area contributed by atoms with E-state index in [1.165, 1.54) is 0 Å². The standard InChI is InChI=1S/C16H28N2O4S/c1-2-23(21,22)14-8-11-17(12-9-14)16(20)13-18-10-6-4-3-5-7-15(18)19/h14H,2-13H2,1H3.